The van der Waals surface area contributed by atoms with E-state index in [-0.39, 0.29) is 0 Å². The number of H-pyrrole nitrogens is 1. The smallest absolute Gasteiger partial charge is 0.254 e. The van der Waals surface area contributed by atoms with Crippen LogP contribution in [0.5, 0.6) is 0 Å². The molecule has 0 unspecified atom stereocenters. The van der Waals surface area contributed by atoms with Gasteiger partial charge >= 0.3 is 0 Å². The summed E-state index contributed by atoms with van der Waals surface area (Å²) < 4.78 is 26.8. The second-order valence-corrected chi connectivity index (χ2v) is 7.91. The molecule has 1 aromatic heterocycles. The van der Waals surface area contributed by atoms with Crippen molar-refractivity contribution in [1.29, 1.82) is 0 Å². The van der Waals surface area contributed by atoms with Gasteiger partial charge in [-0.1, -0.05) is 24.3 Å². The number of benzene rings is 2. The zero-order chi connectivity index (χ0) is 19.8. The van der Waals surface area contributed by atoms with Gasteiger partial charge in [0.05, 0.1) is 16.8 Å². The molecule has 3 rings (SSSR count). The van der Waals surface area contributed by atoms with E-state index in [2.05, 4.69) is 9.71 Å². The molecule has 2 aromatic carbocycles. The van der Waals surface area contributed by atoms with E-state index < -0.39 is 15.9 Å². The highest BCUT2D eigenvalue weighted by atomic mass is 32.2. The number of carbonyl (C=O) groups is 1. The summed E-state index contributed by atoms with van der Waals surface area (Å²) in [5, 5.41) is 2.01. The van der Waals surface area contributed by atoms with Gasteiger partial charge < -0.3 is 10.7 Å². The molecule has 1 amide bonds. The van der Waals surface area contributed by atoms with E-state index in [0.717, 1.165) is 33.0 Å². The first-order valence-corrected chi connectivity index (χ1v) is 9.96. The average Bonchev–Trinajstić information content (AvgIpc) is 2.98. The second-order valence-electron chi connectivity index (χ2n) is 6.34. The maximum Gasteiger partial charge on any atom is 0.254 e. The van der Waals surface area contributed by atoms with Crippen LogP contribution in [0.1, 0.15) is 28.4 Å². The predicted molar refractivity (Wildman–Crippen MR) is 109 cm³/mol. The number of rotatable bonds is 5. The van der Waals surface area contributed by atoms with E-state index in [9.17, 15) is 13.2 Å². The van der Waals surface area contributed by atoms with Crippen LogP contribution in [0.3, 0.4) is 0 Å². The topological polar surface area (TPSA) is 105 Å². The summed E-state index contributed by atoms with van der Waals surface area (Å²) in [7, 11) is -3.56. The first-order chi connectivity index (χ1) is 12.7. The molecule has 3 aromatic rings. The number of fused-ring (bicyclic) bond motifs is 1. The monoisotopic (exact) mass is 383 g/mol. The van der Waals surface area contributed by atoms with Gasteiger partial charge in [0.25, 0.3) is 15.9 Å². The number of amides is 1. The van der Waals surface area contributed by atoms with Crippen molar-refractivity contribution < 1.29 is 13.2 Å². The molecule has 27 heavy (non-hydrogen) atoms. The number of hydrogen-bond acceptors (Lipinski definition) is 3. The molecular weight excluding hydrogens is 362 g/mol. The second kappa shape index (κ2) is 6.92. The Labute approximate surface area is 158 Å². The molecule has 7 heteroatoms. The van der Waals surface area contributed by atoms with Gasteiger partial charge in [-0.2, -0.15) is 0 Å². The van der Waals surface area contributed by atoms with E-state index in [1.807, 2.05) is 32.2 Å². The Morgan fingerprint density at radius 3 is 2.56 bits per heavy atom. The van der Waals surface area contributed by atoms with Crippen LogP contribution in [0.25, 0.3) is 22.0 Å². The third-order valence-electron chi connectivity index (χ3n) is 4.49. The van der Waals surface area contributed by atoms with Crippen LogP contribution in [0.4, 0.5) is 5.69 Å². The van der Waals surface area contributed by atoms with Crippen LogP contribution in [0.2, 0.25) is 0 Å². The van der Waals surface area contributed by atoms with E-state index in [4.69, 9.17) is 5.73 Å². The van der Waals surface area contributed by atoms with Gasteiger partial charge in [-0.05, 0) is 55.2 Å². The highest BCUT2D eigenvalue weighted by Gasteiger charge is 2.17. The van der Waals surface area contributed by atoms with E-state index in [1.165, 1.54) is 6.08 Å². The Bertz CT molecular complexity index is 1170. The fourth-order valence-electron chi connectivity index (χ4n) is 3.25. The Kier molecular flexibility index (Phi) is 4.80. The minimum atomic E-state index is -3.56. The van der Waals surface area contributed by atoms with Crippen molar-refractivity contribution in [3.63, 3.8) is 0 Å². The zero-order valence-corrected chi connectivity index (χ0v) is 16.1. The molecule has 0 fully saturated rings. The largest absolute Gasteiger partial charge is 0.366 e. The van der Waals surface area contributed by atoms with E-state index >= 15 is 0 Å². The molecule has 0 atom stereocenters. The maximum absolute atomic E-state index is 12.1. The number of nitrogens with one attached hydrogen (secondary N) is 2. The molecule has 0 bridgehead atoms. The fourth-order valence-corrected chi connectivity index (χ4v) is 4.20. The van der Waals surface area contributed by atoms with E-state index in [1.54, 1.807) is 25.1 Å². The highest BCUT2D eigenvalue weighted by molar-refractivity contribution is 7.95. The van der Waals surface area contributed by atoms with Gasteiger partial charge in [-0.3, -0.25) is 9.52 Å². The lowest BCUT2D eigenvalue weighted by atomic mass is 9.93. The summed E-state index contributed by atoms with van der Waals surface area (Å²) >= 11 is 0. The number of sulfonamides is 1. The number of nitrogens with two attached hydrogens (primary N) is 1. The van der Waals surface area contributed by atoms with Crippen molar-refractivity contribution in [1.82, 2.24) is 4.98 Å². The molecule has 0 aliphatic heterocycles. The quantitative estimate of drug-likeness (QED) is 0.623. The molecule has 6 nitrogen and oxygen atoms in total. The lowest BCUT2D eigenvalue weighted by molar-refractivity contribution is 0.100. The number of allylic oxidation sites excluding steroid dienone is 1. The molecule has 0 saturated heterocycles. The normalized spacial score (nSPS) is 12.0. The van der Waals surface area contributed by atoms with Crippen molar-refractivity contribution in [2.24, 2.45) is 5.73 Å². The molecule has 0 spiro atoms. The van der Waals surface area contributed by atoms with Crippen LogP contribution >= 0.6 is 0 Å². The SMILES string of the molecule is CC=CS(=O)(=O)Nc1cccc(-c2ccc(C(N)=O)c3[nH]cc(C)c23)c1C. The van der Waals surface area contributed by atoms with Gasteiger partial charge in [-0.25, -0.2) is 8.42 Å². The molecular formula is C20H21N3O3S. The molecule has 0 saturated carbocycles. The molecule has 140 valence electrons. The van der Waals surface area contributed by atoms with Gasteiger partial charge in [0.15, 0.2) is 0 Å². The van der Waals surface area contributed by atoms with Crippen molar-refractivity contribution in [3.05, 3.63) is 64.7 Å². The number of anilines is 1. The number of carbonyl (C=O) groups excluding carboxylic acids is 1. The van der Waals surface area contributed by atoms with Crippen LogP contribution in [-0.4, -0.2) is 19.3 Å². The molecule has 1 heterocycles. The molecule has 0 aliphatic rings. The summed E-state index contributed by atoms with van der Waals surface area (Å²) in [4.78, 5) is 14.8. The van der Waals surface area contributed by atoms with Crippen molar-refractivity contribution >= 4 is 32.5 Å². The van der Waals surface area contributed by atoms with Crippen LogP contribution in [0, 0.1) is 13.8 Å². The molecule has 4 N–H and O–H groups in total. The van der Waals surface area contributed by atoms with Crippen LogP contribution < -0.4 is 10.5 Å². The Balaban J connectivity index is 2.22. The number of aromatic nitrogens is 1. The Morgan fingerprint density at radius 1 is 1.15 bits per heavy atom. The lowest BCUT2D eigenvalue weighted by Gasteiger charge is -2.14. The standard InChI is InChI=1S/C20H21N3O3S/c1-4-10-27(25,26)23-17-7-5-6-14(13(17)3)15-8-9-16(20(21)24)19-18(15)12(2)11-22-19/h4-11,22-23H,1-3H3,(H2,21,24). The zero-order valence-electron chi connectivity index (χ0n) is 15.3. The number of hydrogen-bond donors (Lipinski definition) is 3. The number of aromatic amines is 1. The predicted octanol–water partition coefficient (Wildman–Crippen LogP) is 3.83. The van der Waals surface area contributed by atoms with Crippen LogP contribution in [-0.2, 0) is 10.0 Å². The third-order valence-corrected chi connectivity index (χ3v) is 5.62. The fraction of sp³-hybridized carbons (Fsp3) is 0.150. The van der Waals surface area contributed by atoms with Crippen molar-refractivity contribution in [3.8, 4) is 11.1 Å². The first-order valence-electron chi connectivity index (χ1n) is 8.41. The summed E-state index contributed by atoms with van der Waals surface area (Å²) in [5.74, 6) is -0.502. The lowest BCUT2D eigenvalue weighted by Crippen LogP contribution is -2.12. The van der Waals surface area contributed by atoms with Crippen LogP contribution in [0.15, 0.2) is 48.0 Å². The first kappa shape index (κ1) is 18.7. The van der Waals surface area contributed by atoms with Crippen molar-refractivity contribution in [2.45, 2.75) is 20.8 Å². The van der Waals surface area contributed by atoms with Crippen molar-refractivity contribution in [2.75, 3.05) is 4.72 Å². The minimum Gasteiger partial charge on any atom is -0.366 e. The number of primary amides is 1. The summed E-state index contributed by atoms with van der Waals surface area (Å²) in [6.45, 7) is 5.45. The van der Waals surface area contributed by atoms with Gasteiger partial charge in [0.2, 0.25) is 0 Å². The minimum absolute atomic E-state index is 0.421. The summed E-state index contributed by atoms with van der Waals surface area (Å²) in [6.07, 6.45) is 3.30. The number of aryl methyl sites for hydroxylation is 1. The van der Waals surface area contributed by atoms with Gasteiger partial charge in [-0.15, -0.1) is 0 Å². The Hall–Kier alpha value is -3.06. The highest BCUT2D eigenvalue weighted by Crippen LogP contribution is 2.36. The summed E-state index contributed by atoms with van der Waals surface area (Å²) in [5.41, 5.74) is 10.6. The Morgan fingerprint density at radius 2 is 1.89 bits per heavy atom. The third kappa shape index (κ3) is 3.46. The molecule has 0 radical (unpaired) electrons. The van der Waals surface area contributed by atoms with Gasteiger partial charge in [0.1, 0.15) is 0 Å². The summed E-state index contributed by atoms with van der Waals surface area (Å²) in [6, 6.07) is 8.97. The van der Waals surface area contributed by atoms with Gasteiger partial charge in [0, 0.05) is 17.0 Å². The van der Waals surface area contributed by atoms with E-state index in [0.29, 0.717) is 16.8 Å². The maximum atomic E-state index is 12.1. The average molecular weight is 383 g/mol. The molecule has 0 aliphatic carbocycles.